The summed E-state index contributed by atoms with van der Waals surface area (Å²) in [6.07, 6.45) is 6.16. The van der Waals surface area contributed by atoms with Crippen molar-refractivity contribution in [3.63, 3.8) is 0 Å². The average molecular weight is 590 g/mol. The Bertz CT molecular complexity index is 1920. The van der Waals surface area contributed by atoms with Gasteiger partial charge < -0.3 is 14.6 Å². The van der Waals surface area contributed by atoms with Gasteiger partial charge in [-0.25, -0.2) is 4.68 Å². The molecular weight excluding hydrogens is 550 g/mol. The Morgan fingerprint density at radius 2 is 1.75 bits per heavy atom. The Morgan fingerprint density at radius 1 is 0.932 bits per heavy atom. The molecule has 5 heterocycles. The van der Waals surface area contributed by atoms with Crippen LogP contribution in [0.5, 0.6) is 0 Å². The molecule has 44 heavy (non-hydrogen) atoms. The van der Waals surface area contributed by atoms with Crippen LogP contribution in [0.25, 0.3) is 21.9 Å². The predicted octanol–water partition coefficient (Wildman–Crippen LogP) is 6.40. The van der Waals surface area contributed by atoms with Crippen LogP contribution in [-0.2, 0) is 37.8 Å². The fourth-order valence-corrected chi connectivity index (χ4v) is 7.37. The highest BCUT2D eigenvalue weighted by molar-refractivity contribution is 5.99. The van der Waals surface area contributed by atoms with Crippen LogP contribution >= 0.6 is 0 Å². The molecule has 0 saturated heterocycles. The summed E-state index contributed by atoms with van der Waals surface area (Å²) >= 11 is 0. The molecule has 3 aromatic carbocycles. The molecule has 1 N–H and O–H groups in total. The van der Waals surface area contributed by atoms with Crippen LogP contribution in [0.3, 0.4) is 0 Å². The summed E-state index contributed by atoms with van der Waals surface area (Å²) in [4.78, 5) is 28.3. The normalized spacial score (nSPS) is 18.3. The molecule has 0 spiro atoms. The lowest BCUT2D eigenvalue weighted by molar-refractivity contribution is -0.141. The number of aromatic nitrogens is 4. The van der Waals surface area contributed by atoms with Crippen molar-refractivity contribution < 1.29 is 14.7 Å². The molecular formula is C36H39N5O3. The third-order valence-electron chi connectivity index (χ3n) is 10.0. The summed E-state index contributed by atoms with van der Waals surface area (Å²) in [6.45, 7) is 5.76. The van der Waals surface area contributed by atoms with Crippen molar-refractivity contribution in [2.45, 2.75) is 71.4 Å². The maximum absolute atomic E-state index is 13.9. The fourth-order valence-electron chi connectivity index (χ4n) is 7.37. The maximum Gasteiger partial charge on any atom is 0.307 e. The number of aliphatic carboxylic acids is 1. The standard InChI is InChI=1S/C36H39N5O3/c1-22-29-12-14-31-34(22)37-38-41(31)16-7-5-4-6-8-24-9-13-30-27(18-24)20-32(39(30)3)35(42)40-17-15-25-10-11-26(19-28(25)21-40)33(29)23(2)36(43)44/h9-14,18-20,23,33H,4-8,15-17,21H2,1-3H3,(H,43,44)/t23-,33-/m0/s1. The number of rotatable bonds is 2. The van der Waals surface area contributed by atoms with Gasteiger partial charge in [0.1, 0.15) is 11.2 Å². The Kier molecular flexibility index (Phi) is 7.23. The number of carbonyl (C=O) groups is 2. The van der Waals surface area contributed by atoms with E-state index in [4.69, 9.17) is 0 Å². The van der Waals surface area contributed by atoms with Crippen LogP contribution in [-0.4, -0.2) is 48.0 Å². The highest BCUT2D eigenvalue weighted by Gasteiger charge is 2.31. The molecule has 226 valence electrons. The molecule has 2 aromatic heterocycles. The van der Waals surface area contributed by atoms with E-state index in [9.17, 15) is 14.7 Å². The third kappa shape index (κ3) is 4.86. The Labute approximate surface area is 257 Å². The number of amides is 1. The van der Waals surface area contributed by atoms with Gasteiger partial charge in [-0.05, 0) is 90.3 Å². The van der Waals surface area contributed by atoms with Crippen molar-refractivity contribution >= 4 is 33.8 Å². The Morgan fingerprint density at radius 3 is 2.59 bits per heavy atom. The van der Waals surface area contributed by atoms with Crippen LogP contribution in [0.2, 0.25) is 0 Å². The number of aryl methyl sites for hydroxylation is 4. The maximum atomic E-state index is 13.9. The van der Waals surface area contributed by atoms with E-state index in [1.54, 1.807) is 6.92 Å². The molecule has 0 aliphatic carbocycles. The zero-order valence-electron chi connectivity index (χ0n) is 25.7. The molecule has 0 radical (unpaired) electrons. The predicted molar refractivity (Wildman–Crippen MR) is 171 cm³/mol. The lowest BCUT2D eigenvalue weighted by Gasteiger charge is -2.31. The Balaban J connectivity index is 1.33. The first-order valence-electron chi connectivity index (χ1n) is 15.8. The van der Waals surface area contributed by atoms with Gasteiger partial charge in [-0.15, -0.1) is 5.10 Å². The minimum atomic E-state index is -0.844. The van der Waals surface area contributed by atoms with E-state index >= 15 is 0 Å². The largest absolute Gasteiger partial charge is 0.481 e. The highest BCUT2D eigenvalue weighted by Crippen LogP contribution is 2.38. The molecule has 8 nitrogen and oxygen atoms in total. The molecule has 5 aromatic rings. The lowest BCUT2D eigenvalue weighted by atomic mass is 9.78. The number of hydrogen-bond donors (Lipinski definition) is 1. The second-order valence-corrected chi connectivity index (χ2v) is 12.7. The first kappa shape index (κ1) is 28.3. The van der Waals surface area contributed by atoms with Crippen LogP contribution in [0.4, 0.5) is 0 Å². The summed E-state index contributed by atoms with van der Waals surface area (Å²) in [5.41, 5.74) is 10.0. The van der Waals surface area contributed by atoms with Crippen LogP contribution < -0.4 is 0 Å². The molecule has 0 unspecified atom stereocenters. The molecule has 8 rings (SSSR count). The summed E-state index contributed by atoms with van der Waals surface area (Å²) in [7, 11) is 1.98. The van der Waals surface area contributed by atoms with Crippen molar-refractivity contribution in [1.82, 2.24) is 24.5 Å². The fraction of sp³-hybridized carbons (Fsp3) is 0.389. The number of fused-ring (bicyclic) bond motifs is 6. The lowest BCUT2D eigenvalue weighted by Crippen LogP contribution is -2.37. The van der Waals surface area contributed by atoms with Crippen molar-refractivity contribution in [2.75, 3.05) is 6.54 Å². The van der Waals surface area contributed by atoms with Crippen molar-refractivity contribution in [2.24, 2.45) is 13.0 Å². The molecule has 8 heteroatoms. The van der Waals surface area contributed by atoms with Gasteiger partial charge in [0.15, 0.2) is 0 Å². The molecule has 0 fully saturated rings. The summed E-state index contributed by atoms with van der Waals surface area (Å²) < 4.78 is 4.01. The second kappa shape index (κ2) is 11.2. The molecule has 2 atom stereocenters. The summed E-state index contributed by atoms with van der Waals surface area (Å²) in [5, 5.41) is 20.4. The third-order valence-corrected chi connectivity index (χ3v) is 10.0. The highest BCUT2D eigenvalue weighted by atomic mass is 16.4. The number of hydrogen-bond acceptors (Lipinski definition) is 4. The van der Waals surface area contributed by atoms with Gasteiger partial charge in [0.05, 0.1) is 11.4 Å². The monoisotopic (exact) mass is 589 g/mol. The quantitative estimate of drug-likeness (QED) is 0.257. The minimum Gasteiger partial charge on any atom is -0.481 e. The van der Waals surface area contributed by atoms with Crippen LogP contribution in [0, 0.1) is 12.8 Å². The second-order valence-electron chi connectivity index (χ2n) is 12.7. The minimum absolute atomic E-state index is 0.0273. The van der Waals surface area contributed by atoms with E-state index in [0.717, 1.165) is 89.3 Å². The van der Waals surface area contributed by atoms with Crippen molar-refractivity contribution in [1.29, 1.82) is 0 Å². The van der Waals surface area contributed by atoms with Gasteiger partial charge in [-0.1, -0.05) is 55.3 Å². The number of nitrogens with zero attached hydrogens (tertiary/aromatic N) is 5. The molecule has 1 amide bonds. The number of carbonyl (C=O) groups excluding carboxylic acids is 1. The van der Waals surface area contributed by atoms with E-state index in [1.165, 1.54) is 11.1 Å². The zero-order chi connectivity index (χ0) is 30.5. The van der Waals surface area contributed by atoms with Gasteiger partial charge in [0.2, 0.25) is 0 Å². The Hall–Kier alpha value is -4.46. The van der Waals surface area contributed by atoms with Gasteiger partial charge in [-0.3, -0.25) is 9.59 Å². The number of benzene rings is 3. The smallest absolute Gasteiger partial charge is 0.307 e. The van der Waals surface area contributed by atoms with E-state index in [-0.39, 0.29) is 11.8 Å². The molecule has 3 aliphatic heterocycles. The summed E-state index contributed by atoms with van der Waals surface area (Å²) in [5.74, 6) is -1.84. The molecule has 3 aliphatic rings. The average Bonchev–Trinajstić information content (AvgIpc) is 3.59. The van der Waals surface area contributed by atoms with Crippen LogP contribution in [0.1, 0.15) is 82.4 Å². The van der Waals surface area contributed by atoms with E-state index in [2.05, 4.69) is 58.8 Å². The van der Waals surface area contributed by atoms with Gasteiger partial charge in [-0.2, -0.15) is 0 Å². The van der Waals surface area contributed by atoms with Gasteiger partial charge >= 0.3 is 5.97 Å². The van der Waals surface area contributed by atoms with Crippen molar-refractivity contribution in [3.8, 4) is 0 Å². The first-order valence-corrected chi connectivity index (χ1v) is 15.8. The first-order chi connectivity index (χ1) is 21.3. The van der Waals surface area contributed by atoms with E-state index in [0.29, 0.717) is 18.8 Å². The van der Waals surface area contributed by atoms with Crippen molar-refractivity contribution in [3.05, 3.63) is 93.7 Å². The number of carboxylic acid groups (broad SMARTS) is 1. The van der Waals surface area contributed by atoms with Crippen LogP contribution in [0.15, 0.2) is 54.6 Å². The SMILES string of the molecule is Cc1c2ccc3c1nnn3CCCCCCc1ccc3c(c1)cc(n3C)C(=O)N1CCc3ccc(cc3C1)[C@@H]2[C@H](C)C(=O)O. The van der Waals surface area contributed by atoms with Gasteiger partial charge in [0.25, 0.3) is 5.91 Å². The number of carboxylic acids is 1. The van der Waals surface area contributed by atoms with E-state index < -0.39 is 11.9 Å². The molecule has 0 saturated carbocycles. The van der Waals surface area contributed by atoms with Gasteiger partial charge in [0, 0.05) is 43.5 Å². The summed E-state index contributed by atoms with van der Waals surface area (Å²) in [6, 6.07) is 19.1. The van der Waals surface area contributed by atoms with E-state index in [1.807, 2.05) is 34.2 Å². The zero-order valence-corrected chi connectivity index (χ0v) is 25.7. The molecule has 10 bridgehead atoms. The topological polar surface area (TPSA) is 93.3 Å².